The summed E-state index contributed by atoms with van der Waals surface area (Å²) in [6, 6.07) is 14.2. The fourth-order valence-electron chi connectivity index (χ4n) is 3.56. The first kappa shape index (κ1) is 19.2. The van der Waals surface area contributed by atoms with Crippen molar-refractivity contribution in [2.24, 2.45) is 0 Å². The molecule has 1 atom stereocenters. The molecule has 3 aromatic rings. The Morgan fingerprint density at radius 3 is 2.72 bits per heavy atom. The first-order valence-corrected chi connectivity index (χ1v) is 11.0. The Labute approximate surface area is 169 Å². The highest BCUT2D eigenvalue weighted by atomic mass is 32.2. The first-order chi connectivity index (χ1) is 13.8. The van der Waals surface area contributed by atoms with Crippen LogP contribution in [0, 0.1) is 0 Å². The third-order valence-electron chi connectivity index (χ3n) is 4.76. The van der Waals surface area contributed by atoms with Crippen molar-refractivity contribution >= 4 is 21.7 Å². The van der Waals surface area contributed by atoms with Gasteiger partial charge in [0.05, 0.1) is 23.7 Å². The number of sulfonamides is 1. The predicted molar refractivity (Wildman–Crippen MR) is 108 cm³/mol. The quantitative estimate of drug-likeness (QED) is 0.597. The van der Waals surface area contributed by atoms with Crippen molar-refractivity contribution in [3.63, 3.8) is 0 Å². The summed E-state index contributed by atoms with van der Waals surface area (Å²) in [6.07, 6.45) is 3.32. The Balaban J connectivity index is 1.45. The van der Waals surface area contributed by atoms with Crippen LogP contribution in [-0.4, -0.2) is 31.7 Å². The van der Waals surface area contributed by atoms with Crippen molar-refractivity contribution in [3.8, 4) is 11.3 Å². The number of esters is 1. The van der Waals surface area contributed by atoms with Gasteiger partial charge in [0.1, 0.15) is 0 Å². The molecule has 0 fully saturated rings. The zero-order valence-corrected chi connectivity index (χ0v) is 16.8. The van der Waals surface area contributed by atoms with Crippen molar-refractivity contribution in [2.75, 3.05) is 10.6 Å². The molecule has 8 heteroatoms. The van der Waals surface area contributed by atoms with Crippen LogP contribution in [0.25, 0.3) is 11.3 Å². The first-order valence-electron chi connectivity index (χ1n) is 9.12. The average Bonchev–Trinajstić information content (AvgIpc) is 3.29. The van der Waals surface area contributed by atoms with Gasteiger partial charge in [-0.3, -0.25) is 4.31 Å². The molecule has 2 aromatic carbocycles. The maximum atomic E-state index is 12.4. The predicted octanol–water partition coefficient (Wildman–Crippen LogP) is 3.41. The molecule has 0 aliphatic carbocycles. The number of aromatic nitrogens is 1. The molecule has 1 aliphatic rings. The molecular weight excluding hydrogens is 392 g/mol. The number of rotatable bonds is 5. The van der Waals surface area contributed by atoms with E-state index in [-0.39, 0.29) is 12.6 Å². The average molecular weight is 412 g/mol. The highest BCUT2D eigenvalue weighted by Crippen LogP contribution is 2.34. The van der Waals surface area contributed by atoms with Crippen molar-refractivity contribution in [2.45, 2.75) is 26.0 Å². The summed E-state index contributed by atoms with van der Waals surface area (Å²) in [5.41, 5.74) is 2.67. The second-order valence-electron chi connectivity index (χ2n) is 7.02. The van der Waals surface area contributed by atoms with Crippen LogP contribution in [0.1, 0.15) is 28.7 Å². The van der Waals surface area contributed by atoms with Crippen LogP contribution in [-0.2, 0) is 27.8 Å². The number of carbonyl (C=O) groups excluding carboxylic acids is 1. The van der Waals surface area contributed by atoms with Gasteiger partial charge in [-0.05, 0) is 37.1 Å². The minimum atomic E-state index is -3.37. The molecular formula is C21H20N2O5S. The second-order valence-corrected chi connectivity index (χ2v) is 8.88. The topological polar surface area (TPSA) is 89.7 Å². The second kappa shape index (κ2) is 7.36. The van der Waals surface area contributed by atoms with Crippen LogP contribution in [0.2, 0.25) is 0 Å². The van der Waals surface area contributed by atoms with Crippen molar-refractivity contribution in [1.29, 1.82) is 0 Å². The Kier molecular flexibility index (Phi) is 4.87. The lowest BCUT2D eigenvalue weighted by molar-refractivity contribution is 0.0439. The van der Waals surface area contributed by atoms with Gasteiger partial charge in [0.25, 0.3) is 0 Å². The van der Waals surface area contributed by atoms with Crippen LogP contribution in [0.4, 0.5) is 5.69 Å². The number of benzene rings is 2. The van der Waals surface area contributed by atoms with Crippen molar-refractivity contribution in [3.05, 3.63) is 71.7 Å². The van der Waals surface area contributed by atoms with Gasteiger partial charge >= 0.3 is 5.97 Å². The lowest BCUT2D eigenvalue weighted by Crippen LogP contribution is -2.34. The SMILES string of the molecule is CC1Cc2cc(C(=O)OCc3ncc(-c4ccccc4)o3)ccc2N1S(C)(=O)=O. The van der Waals surface area contributed by atoms with Gasteiger partial charge in [-0.2, -0.15) is 0 Å². The minimum Gasteiger partial charge on any atom is -0.452 e. The molecule has 4 rings (SSSR count). The van der Waals surface area contributed by atoms with Crippen LogP contribution < -0.4 is 4.31 Å². The molecule has 1 aliphatic heterocycles. The molecule has 0 saturated heterocycles. The molecule has 0 bridgehead atoms. The van der Waals surface area contributed by atoms with Crippen molar-refractivity contribution in [1.82, 2.24) is 4.98 Å². The lowest BCUT2D eigenvalue weighted by atomic mass is 10.1. The zero-order valence-electron chi connectivity index (χ0n) is 16.0. The molecule has 0 amide bonds. The van der Waals surface area contributed by atoms with Gasteiger partial charge in [-0.1, -0.05) is 30.3 Å². The molecule has 2 heterocycles. The molecule has 1 unspecified atom stereocenters. The van der Waals surface area contributed by atoms with E-state index in [1.54, 1.807) is 24.4 Å². The third kappa shape index (κ3) is 3.88. The largest absolute Gasteiger partial charge is 0.452 e. The number of fused-ring (bicyclic) bond motifs is 1. The number of hydrogen-bond acceptors (Lipinski definition) is 6. The summed E-state index contributed by atoms with van der Waals surface area (Å²) in [6.45, 7) is 1.75. The van der Waals surface area contributed by atoms with E-state index in [1.165, 1.54) is 10.6 Å². The highest BCUT2D eigenvalue weighted by molar-refractivity contribution is 7.92. The Morgan fingerprint density at radius 2 is 2.00 bits per heavy atom. The highest BCUT2D eigenvalue weighted by Gasteiger charge is 2.32. The number of nitrogens with zero attached hydrogens (tertiary/aromatic N) is 2. The molecule has 29 heavy (non-hydrogen) atoms. The summed E-state index contributed by atoms with van der Waals surface area (Å²) in [5, 5.41) is 0. The maximum Gasteiger partial charge on any atom is 0.338 e. The van der Waals surface area contributed by atoms with Gasteiger partial charge < -0.3 is 9.15 Å². The van der Waals surface area contributed by atoms with Gasteiger partial charge in [0.15, 0.2) is 12.4 Å². The van der Waals surface area contributed by atoms with E-state index < -0.39 is 16.0 Å². The Bertz CT molecular complexity index is 1150. The Morgan fingerprint density at radius 1 is 1.24 bits per heavy atom. The fourth-order valence-corrected chi connectivity index (χ4v) is 4.82. The maximum absolute atomic E-state index is 12.4. The fraction of sp³-hybridized carbons (Fsp3) is 0.238. The van der Waals surface area contributed by atoms with E-state index in [1.807, 2.05) is 37.3 Å². The standard InChI is InChI=1S/C21H20N2O5S/c1-14-10-17-11-16(8-9-18(17)23(14)29(2,25)26)21(24)27-13-20-22-12-19(28-20)15-6-4-3-5-7-15/h3-9,11-12,14H,10,13H2,1-2H3. The normalized spacial score (nSPS) is 15.9. The zero-order chi connectivity index (χ0) is 20.6. The van der Waals surface area contributed by atoms with Crippen molar-refractivity contribution < 1.29 is 22.4 Å². The number of carbonyl (C=O) groups is 1. The van der Waals surface area contributed by atoms with Crippen LogP contribution in [0.15, 0.2) is 59.1 Å². The minimum absolute atomic E-state index is 0.0887. The number of oxazole rings is 1. The van der Waals surface area contributed by atoms with Gasteiger partial charge in [-0.25, -0.2) is 18.2 Å². The molecule has 0 spiro atoms. The molecule has 150 valence electrons. The summed E-state index contributed by atoms with van der Waals surface area (Å²) >= 11 is 0. The van der Waals surface area contributed by atoms with Gasteiger partial charge in [-0.15, -0.1) is 0 Å². The van der Waals surface area contributed by atoms with E-state index in [9.17, 15) is 13.2 Å². The van der Waals surface area contributed by atoms with E-state index in [0.717, 1.165) is 11.1 Å². The lowest BCUT2D eigenvalue weighted by Gasteiger charge is -2.21. The van der Waals surface area contributed by atoms with E-state index in [0.29, 0.717) is 29.3 Å². The van der Waals surface area contributed by atoms with E-state index in [2.05, 4.69) is 4.98 Å². The number of anilines is 1. The number of hydrogen-bond donors (Lipinski definition) is 0. The smallest absolute Gasteiger partial charge is 0.338 e. The molecule has 0 N–H and O–H groups in total. The monoisotopic (exact) mass is 412 g/mol. The van der Waals surface area contributed by atoms with Gasteiger partial charge in [0, 0.05) is 11.6 Å². The van der Waals surface area contributed by atoms with Crippen LogP contribution in [0.3, 0.4) is 0 Å². The summed E-state index contributed by atoms with van der Waals surface area (Å²) in [5.74, 6) is 0.386. The summed E-state index contributed by atoms with van der Waals surface area (Å²) < 4.78 is 36.3. The molecule has 0 saturated carbocycles. The summed E-state index contributed by atoms with van der Waals surface area (Å²) in [7, 11) is -3.37. The Hall–Kier alpha value is -3.13. The third-order valence-corrected chi connectivity index (χ3v) is 6.04. The van der Waals surface area contributed by atoms with Gasteiger partial charge in [0.2, 0.25) is 15.9 Å². The molecule has 1 aromatic heterocycles. The summed E-state index contributed by atoms with van der Waals surface area (Å²) in [4.78, 5) is 16.6. The molecule has 7 nitrogen and oxygen atoms in total. The molecule has 0 radical (unpaired) electrons. The van der Waals surface area contributed by atoms with E-state index in [4.69, 9.17) is 9.15 Å². The van der Waals surface area contributed by atoms with E-state index >= 15 is 0 Å². The number of ether oxygens (including phenoxy) is 1. The van der Waals surface area contributed by atoms with Crippen LogP contribution in [0.5, 0.6) is 0 Å². The van der Waals surface area contributed by atoms with Crippen LogP contribution >= 0.6 is 0 Å².